The monoisotopic (exact) mass is 554 g/mol. The van der Waals surface area contributed by atoms with Crippen LogP contribution in [0.15, 0.2) is 4.99 Å². The highest BCUT2D eigenvalue weighted by atomic mass is 127. The highest BCUT2D eigenvalue weighted by molar-refractivity contribution is 14.0. The fraction of sp³-hybridized carbons (Fsp3) is 0.909. The van der Waals surface area contributed by atoms with Crippen LogP contribution in [0.1, 0.15) is 61.3 Å². The molecule has 0 bridgehead atoms. The largest absolute Gasteiger partial charge is 0.444 e. The Hall–Kier alpha value is -0.810. The maximum Gasteiger partial charge on any atom is 0.408 e. The van der Waals surface area contributed by atoms with Gasteiger partial charge in [-0.05, 0) is 47.1 Å². The lowest BCUT2D eigenvalue weighted by Crippen LogP contribution is -2.58. The number of hydrogen-bond donors (Lipinski definition) is 3. The van der Waals surface area contributed by atoms with Gasteiger partial charge < -0.3 is 25.6 Å². The standard InChI is InChI=1S/C22H46N6O2.HI/c1-9-22(10-2,26-20(29)30-21(5,6)7)17-25-19(23-8)24-16-18(4)28-14-12-27(11-3)13-15-28;/h18H,9-17H2,1-8H3,(H,26,29)(H2,23,24,25);1H. The minimum absolute atomic E-state index is 0. The van der Waals surface area contributed by atoms with Crippen molar-refractivity contribution < 1.29 is 9.53 Å². The molecule has 1 aliphatic heterocycles. The third kappa shape index (κ3) is 11.1. The van der Waals surface area contributed by atoms with E-state index in [0.717, 1.165) is 58.1 Å². The Kier molecular flexibility index (Phi) is 14.0. The summed E-state index contributed by atoms with van der Waals surface area (Å²) in [5.41, 5.74) is -0.900. The summed E-state index contributed by atoms with van der Waals surface area (Å²) in [6, 6.07) is 0.435. The van der Waals surface area contributed by atoms with Gasteiger partial charge in [-0.15, -0.1) is 24.0 Å². The summed E-state index contributed by atoms with van der Waals surface area (Å²) >= 11 is 0. The molecule has 0 spiro atoms. The molecule has 1 rings (SSSR count). The number of hydrogen-bond acceptors (Lipinski definition) is 5. The summed E-state index contributed by atoms with van der Waals surface area (Å²) in [6.07, 6.45) is 1.21. The van der Waals surface area contributed by atoms with Crippen LogP contribution < -0.4 is 16.0 Å². The van der Waals surface area contributed by atoms with Gasteiger partial charge in [0, 0.05) is 52.4 Å². The maximum absolute atomic E-state index is 12.3. The molecule has 31 heavy (non-hydrogen) atoms. The van der Waals surface area contributed by atoms with Gasteiger partial charge >= 0.3 is 6.09 Å². The number of nitrogens with one attached hydrogen (secondary N) is 3. The number of carbonyl (C=O) groups excluding carboxylic acids is 1. The second-order valence-electron chi connectivity index (χ2n) is 9.24. The van der Waals surface area contributed by atoms with Crippen LogP contribution >= 0.6 is 24.0 Å². The van der Waals surface area contributed by atoms with Crippen LogP contribution in [0.5, 0.6) is 0 Å². The van der Waals surface area contributed by atoms with Gasteiger partial charge in [-0.1, -0.05) is 20.8 Å². The van der Waals surface area contributed by atoms with Gasteiger partial charge in [0.25, 0.3) is 0 Å². The summed E-state index contributed by atoms with van der Waals surface area (Å²) in [5, 5.41) is 9.91. The van der Waals surface area contributed by atoms with Crippen molar-refractivity contribution in [1.82, 2.24) is 25.8 Å². The van der Waals surface area contributed by atoms with E-state index in [4.69, 9.17) is 4.74 Å². The zero-order chi connectivity index (χ0) is 22.8. The van der Waals surface area contributed by atoms with Crippen LogP contribution in [-0.2, 0) is 4.74 Å². The molecule has 8 nitrogen and oxygen atoms in total. The lowest BCUT2D eigenvalue weighted by atomic mass is 9.93. The number of carbonyl (C=O) groups is 1. The van der Waals surface area contributed by atoms with E-state index >= 15 is 0 Å². The minimum Gasteiger partial charge on any atom is -0.444 e. The first-order valence-electron chi connectivity index (χ1n) is 11.5. The normalized spacial score (nSPS) is 17.5. The van der Waals surface area contributed by atoms with E-state index in [1.807, 2.05) is 20.8 Å². The molecular formula is C22H47IN6O2. The van der Waals surface area contributed by atoms with Crippen molar-refractivity contribution in [3.8, 4) is 0 Å². The topological polar surface area (TPSA) is 81.2 Å². The van der Waals surface area contributed by atoms with E-state index in [0.29, 0.717) is 12.6 Å². The molecule has 1 aliphatic rings. The first-order valence-corrected chi connectivity index (χ1v) is 11.5. The van der Waals surface area contributed by atoms with Gasteiger partial charge in [-0.25, -0.2) is 4.79 Å². The molecule has 0 saturated carbocycles. The zero-order valence-corrected chi connectivity index (χ0v) is 23.3. The molecule has 0 aromatic rings. The number of likely N-dealkylation sites (N-methyl/N-ethyl adjacent to an activating group) is 1. The predicted octanol–water partition coefficient (Wildman–Crippen LogP) is 2.88. The molecular weight excluding hydrogens is 507 g/mol. The van der Waals surface area contributed by atoms with Crippen LogP contribution in [0, 0.1) is 0 Å². The fourth-order valence-corrected chi connectivity index (χ4v) is 3.61. The number of alkyl carbamates (subject to hydrolysis) is 1. The highest BCUT2D eigenvalue weighted by Crippen LogP contribution is 2.16. The van der Waals surface area contributed by atoms with Crippen LogP contribution in [-0.4, -0.2) is 91.9 Å². The molecule has 1 atom stereocenters. The predicted molar refractivity (Wildman–Crippen MR) is 141 cm³/mol. The average Bonchev–Trinajstić information content (AvgIpc) is 2.71. The summed E-state index contributed by atoms with van der Waals surface area (Å²) in [7, 11) is 1.78. The summed E-state index contributed by atoms with van der Waals surface area (Å²) in [5.74, 6) is 0.756. The number of guanidine groups is 1. The highest BCUT2D eigenvalue weighted by Gasteiger charge is 2.31. The molecule has 0 aromatic heterocycles. The SMILES string of the molecule is CCN1CCN(C(C)CNC(=NC)NCC(CC)(CC)NC(=O)OC(C)(C)C)CC1.I. The lowest BCUT2D eigenvalue weighted by Gasteiger charge is -2.38. The number of rotatable bonds is 9. The lowest BCUT2D eigenvalue weighted by molar-refractivity contribution is 0.0448. The second kappa shape index (κ2) is 14.4. The Bertz CT molecular complexity index is 541. The smallest absolute Gasteiger partial charge is 0.408 e. The van der Waals surface area contributed by atoms with Crippen molar-refractivity contribution in [2.45, 2.75) is 78.5 Å². The number of piperazine rings is 1. The van der Waals surface area contributed by atoms with E-state index in [2.05, 4.69) is 58.4 Å². The van der Waals surface area contributed by atoms with E-state index < -0.39 is 5.60 Å². The van der Waals surface area contributed by atoms with Gasteiger partial charge in [0.05, 0.1) is 5.54 Å². The van der Waals surface area contributed by atoms with Gasteiger partial charge in [0.1, 0.15) is 5.60 Å². The molecule has 1 saturated heterocycles. The molecule has 0 aliphatic carbocycles. The van der Waals surface area contributed by atoms with E-state index in [1.54, 1.807) is 7.05 Å². The molecule has 0 radical (unpaired) electrons. The molecule has 1 heterocycles. The van der Waals surface area contributed by atoms with Crippen molar-refractivity contribution in [2.75, 3.05) is 52.9 Å². The van der Waals surface area contributed by atoms with Crippen LogP contribution in [0.4, 0.5) is 4.79 Å². The Balaban J connectivity index is 0.00000900. The third-order valence-corrected chi connectivity index (χ3v) is 5.98. The third-order valence-electron chi connectivity index (χ3n) is 5.98. The van der Waals surface area contributed by atoms with Gasteiger partial charge in [-0.2, -0.15) is 0 Å². The number of halogens is 1. The summed E-state index contributed by atoms with van der Waals surface area (Å²) < 4.78 is 5.46. The molecule has 3 N–H and O–H groups in total. The summed E-state index contributed by atoms with van der Waals surface area (Å²) in [4.78, 5) is 21.7. The minimum atomic E-state index is -0.513. The van der Waals surface area contributed by atoms with E-state index in [9.17, 15) is 4.79 Å². The van der Waals surface area contributed by atoms with Crippen molar-refractivity contribution in [1.29, 1.82) is 0 Å². The zero-order valence-electron chi connectivity index (χ0n) is 21.0. The second-order valence-corrected chi connectivity index (χ2v) is 9.24. The van der Waals surface area contributed by atoms with Crippen molar-refractivity contribution >= 4 is 36.0 Å². The first kappa shape index (κ1) is 30.2. The molecule has 184 valence electrons. The summed E-state index contributed by atoms with van der Waals surface area (Å²) in [6.45, 7) is 21.3. The quantitative estimate of drug-likeness (QED) is 0.231. The molecule has 9 heteroatoms. The van der Waals surface area contributed by atoms with Gasteiger partial charge in [0.15, 0.2) is 5.96 Å². The van der Waals surface area contributed by atoms with Gasteiger partial charge in [-0.3, -0.25) is 9.89 Å². The Labute approximate surface area is 207 Å². The van der Waals surface area contributed by atoms with Crippen molar-refractivity contribution in [2.24, 2.45) is 4.99 Å². The number of aliphatic imine (C=N–C) groups is 1. The Morgan fingerprint density at radius 2 is 1.65 bits per heavy atom. The number of ether oxygens (including phenoxy) is 1. The number of amides is 1. The fourth-order valence-electron chi connectivity index (χ4n) is 3.61. The van der Waals surface area contributed by atoms with E-state index in [-0.39, 0.29) is 35.6 Å². The van der Waals surface area contributed by atoms with Crippen LogP contribution in [0.3, 0.4) is 0 Å². The first-order chi connectivity index (χ1) is 14.1. The molecule has 0 aromatic carbocycles. The van der Waals surface area contributed by atoms with Crippen LogP contribution in [0.25, 0.3) is 0 Å². The molecule has 1 fully saturated rings. The molecule has 1 unspecified atom stereocenters. The Morgan fingerprint density at radius 1 is 1.06 bits per heavy atom. The average molecular weight is 555 g/mol. The van der Waals surface area contributed by atoms with Gasteiger partial charge in [0.2, 0.25) is 0 Å². The van der Waals surface area contributed by atoms with E-state index in [1.165, 1.54) is 0 Å². The molecule has 1 amide bonds. The van der Waals surface area contributed by atoms with Crippen LogP contribution in [0.2, 0.25) is 0 Å². The van der Waals surface area contributed by atoms with Crippen molar-refractivity contribution in [3.05, 3.63) is 0 Å². The maximum atomic E-state index is 12.3. The number of nitrogens with zero attached hydrogens (tertiary/aromatic N) is 3. The Morgan fingerprint density at radius 3 is 2.10 bits per heavy atom. The van der Waals surface area contributed by atoms with Crippen molar-refractivity contribution in [3.63, 3.8) is 0 Å².